The van der Waals surface area contributed by atoms with Crippen molar-refractivity contribution in [3.8, 4) is 11.5 Å². The van der Waals surface area contributed by atoms with Gasteiger partial charge >= 0.3 is 67.1 Å². The molecule has 4 rings (SSSR count). The number of benzene rings is 2. The van der Waals surface area contributed by atoms with Crippen molar-refractivity contribution in [1.29, 1.82) is 0 Å². The number of hydrogen-bond acceptors (Lipinski definition) is 2. The van der Waals surface area contributed by atoms with Gasteiger partial charge in [0.25, 0.3) is 0 Å². The van der Waals surface area contributed by atoms with Crippen LogP contribution in [0.15, 0.2) is 73.2 Å². The number of hydrogen-bond donors (Lipinski definition) is 0. The summed E-state index contributed by atoms with van der Waals surface area (Å²) in [7, 11) is 0. The number of ether oxygens (including phenoxy) is 2. The van der Waals surface area contributed by atoms with Gasteiger partial charge in [-0.25, -0.2) is 0 Å². The molecule has 2 aromatic rings. The van der Waals surface area contributed by atoms with Crippen LogP contribution in [0.25, 0.3) is 0 Å². The Kier molecular flexibility index (Phi) is 40.7. The van der Waals surface area contributed by atoms with Crippen molar-refractivity contribution < 1.29 is 104 Å². The summed E-state index contributed by atoms with van der Waals surface area (Å²) < 4.78 is 10.5. The van der Waals surface area contributed by atoms with E-state index in [2.05, 4.69) is 12.1 Å². The zero-order chi connectivity index (χ0) is 13.6. The normalized spacial score (nSPS) is 9.66. The summed E-state index contributed by atoms with van der Waals surface area (Å²) in [6.45, 7) is 0. The van der Waals surface area contributed by atoms with Gasteiger partial charge in [-0.2, -0.15) is 0 Å². The average molecular weight is 573 g/mol. The van der Waals surface area contributed by atoms with Crippen LogP contribution >= 0.6 is 0 Å². The summed E-state index contributed by atoms with van der Waals surface area (Å²) in [5.74, 6) is 1.98. The molecule has 7 nitrogen and oxygen atoms in total. The molecule has 2 radical (unpaired) electrons. The molecule has 0 unspecified atom stereocenters. The van der Waals surface area contributed by atoms with E-state index in [-0.39, 0.29) is 94.5 Å². The van der Waals surface area contributed by atoms with Crippen molar-refractivity contribution in [3.05, 3.63) is 84.3 Å². The zero-order valence-corrected chi connectivity index (χ0v) is 18.7. The second-order valence-corrected chi connectivity index (χ2v) is 4.60. The third-order valence-corrected chi connectivity index (χ3v) is 3.20. The van der Waals surface area contributed by atoms with E-state index in [0.29, 0.717) is 0 Å². The SMILES string of the molecule is C1=COc2ccccc2C1.C1=COc2ccccc2C1.[Fe+3].[Fe+3].[Ni+2].[Ni+2].[O-2].[O-2].[O-2].[O-2].[O-2]. The predicted octanol–water partition coefficient (Wildman–Crippen LogP) is 3.67. The molecule has 0 bridgehead atoms. The standard InChI is InChI=1S/2C9H8O.2Fe.2Ni.5O/c2*1-2-6-9-8(4-1)5-3-7-10-9;;;;;;;;;/h2*1-4,6-7H,5H2;;;;;;;;;/q;;2*+3;2*+2;5*-2. The summed E-state index contributed by atoms with van der Waals surface area (Å²) >= 11 is 0. The molecule has 2 aliphatic heterocycles. The third-order valence-electron chi connectivity index (χ3n) is 3.20. The van der Waals surface area contributed by atoms with Gasteiger partial charge in [-0.1, -0.05) is 36.4 Å². The summed E-state index contributed by atoms with van der Waals surface area (Å²) in [6.07, 6.45) is 9.50. The Morgan fingerprint density at radius 2 is 0.828 bits per heavy atom. The van der Waals surface area contributed by atoms with Crippen LogP contribution in [0.1, 0.15) is 11.1 Å². The number of fused-ring (bicyclic) bond motifs is 2. The van der Waals surface area contributed by atoms with E-state index in [1.54, 1.807) is 12.5 Å². The Balaban J connectivity index is -0.0000000509. The first-order valence-corrected chi connectivity index (χ1v) is 6.72. The fourth-order valence-corrected chi connectivity index (χ4v) is 2.17. The van der Waals surface area contributed by atoms with Crippen molar-refractivity contribution in [1.82, 2.24) is 0 Å². The Labute approximate surface area is 211 Å². The smallest absolute Gasteiger partial charge is 2.00 e. The molecule has 0 amide bonds. The van der Waals surface area contributed by atoms with Gasteiger partial charge in [0, 0.05) is 0 Å². The molecule has 29 heavy (non-hydrogen) atoms. The molecule has 11 heteroatoms. The molecule has 0 atom stereocenters. The fourth-order valence-electron chi connectivity index (χ4n) is 2.17. The molecule has 2 aromatic carbocycles. The van der Waals surface area contributed by atoms with Crippen LogP contribution in [0.5, 0.6) is 11.5 Å². The summed E-state index contributed by atoms with van der Waals surface area (Å²) in [6, 6.07) is 16.2. The summed E-state index contributed by atoms with van der Waals surface area (Å²) in [4.78, 5) is 0. The van der Waals surface area contributed by atoms with E-state index in [9.17, 15) is 0 Å². The van der Waals surface area contributed by atoms with E-state index in [1.807, 2.05) is 48.6 Å². The van der Waals surface area contributed by atoms with Gasteiger partial charge in [0.1, 0.15) is 11.5 Å². The molecule has 0 spiro atoms. The molecule has 2 aliphatic rings. The van der Waals surface area contributed by atoms with Crippen LogP contribution in [0.2, 0.25) is 0 Å². The van der Waals surface area contributed by atoms with Crippen molar-refractivity contribution in [3.63, 3.8) is 0 Å². The van der Waals surface area contributed by atoms with Gasteiger partial charge in [-0.15, -0.1) is 0 Å². The van der Waals surface area contributed by atoms with Gasteiger partial charge in [0.2, 0.25) is 0 Å². The first kappa shape index (κ1) is 46.5. The molecule has 0 saturated heterocycles. The molecule has 0 N–H and O–H groups in total. The van der Waals surface area contributed by atoms with Crippen molar-refractivity contribution in [2.45, 2.75) is 12.8 Å². The van der Waals surface area contributed by atoms with Gasteiger partial charge in [0.05, 0.1) is 12.5 Å². The first-order valence-electron chi connectivity index (χ1n) is 6.72. The van der Waals surface area contributed by atoms with Gasteiger partial charge in [-0.05, 0) is 48.3 Å². The molecule has 2 heterocycles. The van der Waals surface area contributed by atoms with Crippen LogP contribution in [-0.2, 0) is 107 Å². The average Bonchev–Trinajstić information content (AvgIpc) is 2.56. The number of rotatable bonds is 0. The van der Waals surface area contributed by atoms with E-state index in [4.69, 9.17) is 9.47 Å². The first-order chi connectivity index (χ1) is 9.93. The minimum absolute atomic E-state index is 0. The van der Waals surface area contributed by atoms with Crippen LogP contribution in [0.3, 0.4) is 0 Å². The quantitative estimate of drug-likeness (QED) is 0.440. The summed E-state index contributed by atoms with van der Waals surface area (Å²) in [5, 5.41) is 0. The second-order valence-electron chi connectivity index (χ2n) is 4.60. The molecule has 0 aliphatic carbocycles. The molecular formula is C18H16Fe2Ni2O7. The molecule has 0 saturated carbocycles. The van der Waals surface area contributed by atoms with E-state index in [0.717, 1.165) is 24.3 Å². The molecular weight excluding hydrogens is 557 g/mol. The van der Waals surface area contributed by atoms with Crippen LogP contribution in [-0.4, -0.2) is 0 Å². The second kappa shape index (κ2) is 25.4. The fraction of sp³-hybridized carbons (Fsp3) is 0.111. The summed E-state index contributed by atoms with van der Waals surface area (Å²) in [5.41, 5.74) is 2.54. The Bertz CT molecular complexity index is 563. The Morgan fingerprint density at radius 1 is 0.517 bits per heavy atom. The topological polar surface area (TPSA) is 161 Å². The van der Waals surface area contributed by atoms with Crippen molar-refractivity contribution in [2.24, 2.45) is 0 Å². The third kappa shape index (κ3) is 14.1. The van der Waals surface area contributed by atoms with Gasteiger partial charge in [0.15, 0.2) is 0 Å². The Hall–Kier alpha value is -0.654. The van der Waals surface area contributed by atoms with Gasteiger partial charge in [-0.3, -0.25) is 0 Å². The number of para-hydroxylation sites is 2. The molecule has 0 aromatic heterocycles. The molecule has 0 fully saturated rings. The maximum Gasteiger partial charge on any atom is 3.00 e. The maximum absolute atomic E-state index is 5.24. The molecule has 166 valence electrons. The van der Waals surface area contributed by atoms with Crippen molar-refractivity contribution in [2.75, 3.05) is 0 Å². The number of allylic oxidation sites excluding steroid dienone is 2. The minimum Gasteiger partial charge on any atom is -2.00 e. The predicted molar refractivity (Wildman–Crippen MR) is 83.3 cm³/mol. The van der Waals surface area contributed by atoms with E-state index < -0.39 is 0 Å². The van der Waals surface area contributed by atoms with Crippen LogP contribution in [0, 0.1) is 0 Å². The monoisotopic (exact) mass is 572 g/mol. The minimum atomic E-state index is 0. The Morgan fingerprint density at radius 3 is 1.14 bits per heavy atom. The maximum atomic E-state index is 5.24. The van der Waals surface area contributed by atoms with Crippen LogP contribution in [0.4, 0.5) is 0 Å². The van der Waals surface area contributed by atoms with Crippen LogP contribution < -0.4 is 9.47 Å². The largest absolute Gasteiger partial charge is 3.00 e. The van der Waals surface area contributed by atoms with Gasteiger partial charge < -0.3 is 36.9 Å². The van der Waals surface area contributed by atoms with E-state index >= 15 is 0 Å². The zero-order valence-electron chi connectivity index (χ0n) is 14.5. The van der Waals surface area contributed by atoms with E-state index in [1.165, 1.54) is 11.1 Å². The van der Waals surface area contributed by atoms with Crippen molar-refractivity contribution >= 4 is 0 Å².